The summed E-state index contributed by atoms with van der Waals surface area (Å²) in [4.78, 5) is 0. The molecular formula is C13H11Br2F2NO. The maximum atomic E-state index is 13.6. The Hall–Kier alpha value is -0.720. The van der Waals surface area contributed by atoms with E-state index in [1.165, 1.54) is 12.3 Å². The first-order chi connectivity index (χ1) is 9.06. The lowest BCUT2D eigenvalue weighted by Gasteiger charge is -2.18. The van der Waals surface area contributed by atoms with Crippen LogP contribution in [0, 0.1) is 11.6 Å². The molecule has 2 aromatic rings. The summed E-state index contributed by atoms with van der Waals surface area (Å²) in [5, 5.41) is 3.19. The van der Waals surface area contributed by atoms with E-state index >= 15 is 0 Å². The summed E-state index contributed by atoms with van der Waals surface area (Å²) in [6.07, 6.45) is 1.54. The molecule has 0 bridgehead atoms. The van der Waals surface area contributed by atoms with E-state index in [2.05, 4.69) is 37.2 Å². The predicted octanol–water partition coefficient (Wildman–Crippen LogP) is 4.78. The Bertz CT molecular complexity index is 586. The molecule has 1 atom stereocenters. The molecule has 0 radical (unpaired) electrons. The van der Waals surface area contributed by atoms with E-state index < -0.39 is 11.6 Å². The van der Waals surface area contributed by atoms with Crippen molar-refractivity contribution in [1.82, 2.24) is 5.32 Å². The predicted molar refractivity (Wildman–Crippen MR) is 76.0 cm³/mol. The van der Waals surface area contributed by atoms with Crippen LogP contribution < -0.4 is 5.32 Å². The SMILES string of the molecule is CCNC(c1ccc(F)c(F)c1Br)c1occc1Br. The molecule has 6 heteroatoms. The molecule has 1 unspecified atom stereocenters. The van der Waals surface area contributed by atoms with Gasteiger partial charge in [0, 0.05) is 0 Å². The number of furan rings is 1. The molecule has 0 saturated carbocycles. The van der Waals surface area contributed by atoms with E-state index in [4.69, 9.17) is 4.42 Å². The van der Waals surface area contributed by atoms with Crippen molar-refractivity contribution in [2.75, 3.05) is 6.54 Å². The molecule has 0 saturated heterocycles. The Labute approximate surface area is 126 Å². The summed E-state index contributed by atoms with van der Waals surface area (Å²) in [7, 11) is 0. The average Bonchev–Trinajstić information content (AvgIpc) is 2.80. The minimum atomic E-state index is -0.900. The van der Waals surface area contributed by atoms with Crippen molar-refractivity contribution in [2.45, 2.75) is 13.0 Å². The molecule has 0 aliphatic heterocycles. The third-order valence-electron chi connectivity index (χ3n) is 2.69. The van der Waals surface area contributed by atoms with Gasteiger partial charge in [-0.15, -0.1) is 0 Å². The van der Waals surface area contributed by atoms with Gasteiger partial charge in [0.2, 0.25) is 0 Å². The number of nitrogens with one attached hydrogen (secondary N) is 1. The van der Waals surface area contributed by atoms with E-state index in [1.807, 2.05) is 6.92 Å². The van der Waals surface area contributed by atoms with Gasteiger partial charge in [0.15, 0.2) is 11.6 Å². The quantitative estimate of drug-likeness (QED) is 0.754. The highest BCUT2D eigenvalue weighted by molar-refractivity contribution is 9.10. The van der Waals surface area contributed by atoms with Crippen LogP contribution in [-0.2, 0) is 0 Å². The summed E-state index contributed by atoms with van der Waals surface area (Å²) in [5.41, 5.74) is 0.580. The maximum absolute atomic E-state index is 13.6. The van der Waals surface area contributed by atoms with Crippen molar-refractivity contribution in [3.63, 3.8) is 0 Å². The zero-order valence-corrected chi connectivity index (χ0v) is 13.2. The lowest BCUT2D eigenvalue weighted by molar-refractivity contribution is 0.444. The van der Waals surface area contributed by atoms with Gasteiger partial charge in [-0.1, -0.05) is 13.0 Å². The fraction of sp³-hybridized carbons (Fsp3) is 0.231. The van der Waals surface area contributed by atoms with Crippen LogP contribution in [0.25, 0.3) is 0 Å². The van der Waals surface area contributed by atoms with Gasteiger partial charge >= 0.3 is 0 Å². The number of hydrogen-bond acceptors (Lipinski definition) is 2. The molecule has 2 nitrogen and oxygen atoms in total. The zero-order valence-electron chi connectivity index (χ0n) is 10.0. The van der Waals surface area contributed by atoms with Crippen molar-refractivity contribution in [3.8, 4) is 0 Å². The molecule has 0 aliphatic rings. The van der Waals surface area contributed by atoms with Crippen LogP contribution in [0.2, 0.25) is 0 Å². The number of benzene rings is 1. The zero-order chi connectivity index (χ0) is 14.0. The summed E-state index contributed by atoms with van der Waals surface area (Å²) >= 11 is 6.47. The second-order valence-electron chi connectivity index (χ2n) is 3.89. The Balaban J connectivity index is 2.52. The molecule has 0 fully saturated rings. The maximum Gasteiger partial charge on any atom is 0.173 e. The standard InChI is InChI=1S/C13H11Br2F2NO/c1-2-18-12(13-8(14)5-6-19-13)7-3-4-9(16)11(17)10(7)15/h3-6,12,18H,2H2,1H3. The third kappa shape index (κ3) is 2.90. The summed E-state index contributed by atoms with van der Waals surface area (Å²) in [5.74, 6) is -1.17. The van der Waals surface area contributed by atoms with Gasteiger partial charge in [0.1, 0.15) is 5.76 Å². The second-order valence-corrected chi connectivity index (χ2v) is 5.54. The molecule has 1 aromatic carbocycles. The molecule has 1 aromatic heterocycles. The second kappa shape index (κ2) is 6.15. The molecule has 1 heterocycles. The van der Waals surface area contributed by atoms with Crippen LogP contribution in [0.4, 0.5) is 8.78 Å². The van der Waals surface area contributed by atoms with Crippen LogP contribution >= 0.6 is 31.9 Å². The smallest absolute Gasteiger partial charge is 0.173 e. The highest BCUT2D eigenvalue weighted by Gasteiger charge is 2.24. The van der Waals surface area contributed by atoms with Crippen LogP contribution in [0.5, 0.6) is 0 Å². The molecule has 0 amide bonds. The molecule has 1 N–H and O–H groups in total. The molecular weight excluding hydrogens is 384 g/mol. The van der Waals surface area contributed by atoms with Crippen LogP contribution in [0.15, 0.2) is 37.8 Å². The minimum Gasteiger partial charge on any atom is -0.466 e. The van der Waals surface area contributed by atoms with Crippen LogP contribution in [0.1, 0.15) is 24.3 Å². The topological polar surface area (TPSA) is 25.2 Å². The van der Waals surface area contributed by atoms with E-state index in [1.54, 1.807) is 6.07 Å². The highest BCUT2D eigenvalue weighted by atomic mass is 79.9. The van der Waals surface area contributed by atoms with E-state index in [0.29, 0.717) is 17.9 Å². The molecule has 0 spiro atoms. The summed E-state index contributed by atoms with van der Waals surface area (Å²) in [6.45, 7) is 2.58. The van der Waals surface area contributed by atoms with E-state index in [9.17, 15) is 8.78 Å². The third-order valence-corrected chi connectivity index (χ3v) is 4.15. The van der Waals surface area contributed by atoms with Gasteiger partial charge in [-0.2, -0.15) is 0 Å². The van der Waals surface area contributed by atoms with Crippen LogP contribution in [-0.4, -0.2) is 6.54 Å². The van der Waals surface area contributed by atoms with E-state index in [0.717, 1.165) is 10.5 Å². The molecule has 102 valence electrons. The normalized spacial score (nSPS) is 12.7. The summed E-state index contributed by atoms with van der Waals surface area (Å²) in [6, 6.07) is 4.04. The van der Waals surface area contributed by atoms with Gasteiger partial charge in [-0.05, 0) is 56.1 Å². The Morgan fingerprint density at radius 3 is 2.58 bits per heavy atom. The molecule has 0 aliphatic carbocycles. The van der Waals surface area contributed by atoms with Crippen molar-refractivity contribution in [3.05, 3.63) is 56.4 Å². The van der Waals surface area contributed by atoms with Gasteiger partial charge in [-0.3, -0.25) is 0 Å². The highest BCUT2D eigenvalue weighted by Crippen LogP contribution is 2.35. The van der Waals surface area contributed by atoms with Gasteiger partial charge in [-0.25, -0.2) is 8.78 Å². The molecule has 19 heavy (non-hydrogen) atoms. The monoisotopic (exact) mass is 393 g/mol. The Morgan fingerprint density at radius 1 is 1.26 bits per heavy atom. The average molecular weight is 395 g/mol. The lowest BCUT2D eigenvalue weighted by Crippen LogP contribution is -2.22. The first kappa shape index (κ1) is 14.7. The van der Waals surface area contributed by atoms with Gasteiger partial charge in [0.05, 0.1) is 21.3 Å². The fourth-order valence-corrected chi connectivity index (χ4v) is 2.80. The Kier molecular flexibility index (Phi) is 4.76. The fourth-order valence-electron chi connectivity index (χ4n) is 1.82. The number of hydrogen-bond donors (Lipinski definition) is 1. The van der Waals surface area contributed by atoms with Crippen molar-refractivity contribution in [1.29, 1.82) is 0 Å². The van der Waals surface area contributed by atoms with Crippen molar-refractivity contribution in [2.24, 2.45) is 0 Å². The summed E-state index contributed by atoms with van der Waals surface area (Å²) < 4.78 is 33.1. The van der Waals surface area contributed by atoms with E-state index in [-0.39, 0.29) is 10.5 Å². The first-order valence-corrected chi connectivity index (χ1v) is 7.24. The largest absolute Gasteiger partial charge is 0.466 e. The van der Waals surface area contributed by atoms with Gasteiger partial charge < -0.3 is 9.73 Å². The lowest BCUT2D eigenvalue weighted by atomic mass is 10.0. The minimum absolute atomic E-state index is 0.0988. The number of halogens is 4. The van der Waals surface area contributed by atoms with Gasteiger partial charge in [0.25, 0.3) is 0 Å². The van der Waals surface area contributed by atoms with Crippen molar-refractivity contribution >= 4 is 31.9 Å². The van der Waals surface area contributed by atoms with Crippen molar-refractivity contribution < 1.29 is 13.2 Å². The Morgan fingerprint density at radius 2 is 2.00 bits per heavy atom. The first-order valence-electron chi connectivity index (χ1n) is 5.66. The molecule has 2 rings (SSSR count). The number of rotatable bonds is 4. The van der Waals surface area contributed by atoms with Crippen LogP contribution in [0.3, 0.4) is 0 Å².